The largest absolute Gasteiger partial charge is 0.508 e. The second-order valence-corrected chi connectivity index (χ2v) is 12.8. The summed E-state index contributed by atoms with van der Waals surface area (Å²) in [6.45, 7) is 11.7. The first-order valence-corrected chi connectivity index (χ1v) is 16.7. The van der Waals surface area contributed by atoms with Crippen LogP contribution < -0.4 is 9.47 Å². The van der Waals surface area contributed by atoms with Crippen LogP contribution in [-0.2, 0) is 31.1 Å². The fourth-order valence-corrected chi connectivity index (χ4v) is 5.84. The molecule has 7 nitrogen and oxygen atoms in total. The van der Waals surface area contributed by atoms with Crippen molar-refractivity contribution in [2.45, 2.75) is 143 Å². The molecule has 0 bridgehead atoms. The van der Waals surface area contributed by atoms with Crippen molar-refractivity contribution in [3.05, 3.63) is 52.6 Å². The molecule has 1 aliphatic rings. The van der Waals surface area contributed by atoms with Gasteiger partial charge < -0.3 is 24.1 Å². The highest BCUT2D eigenvalue weighted by molar-refractivity contribution is 5.86. The number of carbonyl (C=O) groups excluding carboxylic acids is 2. The Hall–Kier alpha value is -3.22. The van der Waals surface area contributed by atoms with E-state index in [-0.39, 0.29) is 31.3 Å². The second kappa shape index (κ2) is 17.3. The highest BCUT2D eigenvalue weighted by atomic mass is 16.7. The Morgan fingerprint density at radius 2 is 1.48 bits per heavy atom. The fraction of sp³-hybridized carbons (Fsp3) is 0.622. The summed E-state index contributed by atoms with van der Waals surface area (Å²) >= 11 is 0. The zero-order valence-corrected chi connectivity index (χ0v) is 27.8. The molecular weight excluding hydrogens is 556 g/mol. The van der Waals surface area contributed by atoms with Crippen LogP contribution in [0.15, 0.2) is 30.3 Å². The Kier molecular flexibility index (Phi) is 13.9. The third-order valence-electron chi connectivity index (χ3n) is 8.27. The smallest absolute Gasteiger partial charge is 0.356 e. The zero-order valence-electron chi connectivity index (χ0n) is 27.8. The number of unbranched alkanes of at least 4 members (excludes halogenated alkanes) is 10. The molecule has 0 spiro atoms. The number of phenols is 1. The first kappa shape index (κ1) is 35.3. The normalized spacial score (nSPS) is 13.7. The standard InChI is InChI=1S/C37H54O7/c1-7-8-9-10-11-12-13-14-15-16-17-18-35(39)44-37(36(40)43-27(4)5,24-29-19-20-33-34(22-29)42-25-41-33)31-23-30(26(2)3)32(38)21-28(31)6/h19-23,26-27,38H,7-18,24-25H2,1-6H3. The molecule has 1 unspecified atom stereocenters. The summed E-state index contributed by atoms with van der Waals surface area (Å²) in [4.78, 5) is 27.6. The van der Waals surface area contributed by atoms with Gasteiger partial charge in [0.05, 0.1) is 6.10 Å². The average molecular weight is 611 g/mol. The molecule has 0 radical (unpaired) electrons. The maximum atomic E-state index is 14.1. The molecule has 1 aliphatic heterocycles. The van der Waals surface area contributed by atoms with Crippen molar-refractivity contribution >= 4 is 11.9 Å². The van der Waals surface area contributed by atoms with Gasteiger partial charge in [0.1, 0.15) is 5.75 Å². The molecule has 2 aromatic carbocycles. The lowest BCUT2D eigenvalue weighted by atomic mass is 9.82. The zero-order chi connectivity index (χ0) is 32.1. The molecule has 0 aliphatic carbocycles. The molecule has 1 heterocycles. The Labute approximate surface area is 264 Å². The number of ether oxygens (including phenoxy) is 4. The molecule has 0 saturated carbocycles. The molecule has 2 aromatic rings. The van der Waals surface area contributed by atoms with Gasteiger partial charge in [-0.1, -0.05) is 91.0 Å². The molecule has 0 aromatic heterocycles. The van der Waals surface area contributed by atoms with E-state index in [9.17, 15) is 14.7 Å². The predicted octanol–water partition coefficient (Wildman–Crippen LogP) is 9.19. The summed E-state index contributed by atoms with van der Waals surface area (Å²) in [5, 5.41) is 10.7. The highest BCUT2D eigenvalue weighted by Crippen LogP contribution is 2.41. The van der Waals surface area contributed by atoms with Crippen molar-refractivity contribution in [1.29, 1.82) is 0 Å². The third-order valence-corrected chi connectivity index (χ3v) is 8.27. The molecule has 3 rings (SSSR count). The van der Waals surface area contributed by atoms with Crippen LogP contribution in [0.2, 0.25) is 0 Å². The van der Waals surface area contributed by atoms with Gasteiger partial charge in [0, 0.05) is 18.4 Å². The first-order chi connectivity index (χ1) is 21.1. The minimum Gasteiger partial charge on any atom is -0.508 e. The van der Waals surface area contributed by atoms with E-state index >= 15 is 0 Å². The number of fused-ring (bicyclic) bond motifs is 1. The van der Waals surface area contributed by atoms with Crippen molar-refractivity contribution in [3.63, 3.8) is 0 Å². The number of carbonyl (C=O) groups is 2. The predicted molar refractivity (Wildman–Crippen MR) is 173 cm³/mol. The highest BCUT2D eigenvalue weighted by Gasteiger charge is 2.48. The lowest BCUT2D eigenvalue weighted by Crippen LogP contribution is -2.45. The van der Waals surface area contributed by atoms with E-state index in [0.717, 1.165) is 18.4 Å². The summed E-state index contributed by atoms with van der Waals surface area (Å²) in [6.07, 6.45) is 12.8. The second-order valence-electron chi connectivity index (χ2n) is 12.8. The topological polar surface area (TPSA) is 91.3 Å². The van der Waals surface area contributed by atoms with Gasteiger partial charge in [0.25, 0.3) is 0 Å². The summed E-state index contributed by atoms with van der Waals surface area (Å²) in [7, 11) is 0. The molecule has 0 amide bonds. The van der Waals surface area contributed by atoms with Crippen LogP contribution in [-0.4, -0.2) is 29.9 Å². The minimum absolute atomic E-state index is 0.0224. The first-order valence-electron chi connectivity index (χ1n) is 16.7. The van der Waals surface area contributed by atoms with Gasteiger partial charge in [-0.3, -0.25) is 4.79 Å². The summed E-state index contributed by atoms with van der Waals surface area (Å²) in [5.74, 6) is 0.238. The van der Waals surface area contributed by atoms with Crippen LogP contribution in [0.25, 0.3) is 0 Å². The summed E-state index contributed by atoms with van der Waals surface area (Å²) in [6, 6.07) is 8.89. The fourth-order valence-electron chi connectivity index (χ4n) is 5.84. The summed E-state index contributed by atoms with van der Waals surface area (Å²) in [5.41, 5.74) is 0.787. The van der Waals surface area contributed by atoms with Gasteiger partial charge in [0.15, 0.2) is 11.5 Å². The van der Waals surface area contributed by atoms with Gasteiger partial charge >= 0.3 is 11.9 Å². The van der Waals surface area contributed by atoms with E-state index in [2.05, 4.69) is 6.92 Å². The number of hydrogen-bond acceptors (Lipinski definition) is 7. The van der Waals surface area contributed by atoms with Gasteiger partial charge in [-0.15, -0.1) is 0 Å². The maximum absolute atomic E-state index is 14.1. The van der Waals surface area contributed by atoms with E-state index in [1.165, 1.54) is 51.4 Å². The summed E-state index contributed by atoms with van der Waals surface area (Å²) < 4.78 is 23.2. The number of esters is 2. The molecule has 7 heteroatoms. The Morgan fingerprint density at radius 3 is 2.09 bits per heavy atom. The maximum Gasteiger partial charge on any atom is 0.356 e. The van der Waals surface area contributed by atoms with Crippen LogP contribution in [0.3, 0.4) is 0 Å². The number of phenolic OH excluding ortho intramolecular Hbond substituents is 1. The Bertz CT molecular complexity index is 1220. The van der Waals surface area contributed by atoms with E-state index < -0.39 is 23.6 Å². The van der Waals surface area contributed by atoms with Crippen LogP contribution in [0.5, 0.6) is 17.2 Å². The van der Waals surface area contributed by atoms with Crippen molar-refractivity contribution in [2.24, 2.45) is 0 Å². The number of benzene rings is 2. The average Bonchev–Trinajstić information content (AvgIpc) is 3.43. The molecule has 0 fully saturated rings. The van der Waals surface area contributed by atoms with Gasteiger partial charge in [0.2, 0.25) is 12.4 Å². The lowest BCUT2D eigenvalue weighted by molar-refractivity contribution is -0.187. The number of hydrogen-bond donors (Lipinski definition) is 1. The molecule has 0 saturated heterocycles. The van der Waals surface area contributed by atoms with Crippen molar-refractivity contribution in [3.8, 4) is 17.2 Å². The molecule has 244 valence electrons. The van der Waals surface area contributed by atoms with Crippen molar-refractivity contribution in [1.82, 2.24) is 0 Å². The van der Waals surface area contributed by atoms with E-state index in [1.54, 1.807) is 32.0 Å². The van der Waals surface area contributed by atoms with Gasteiger partial charge in [-0.25, -0.2) is 4.79 Å². The van der Waals surface area contributed by atoms with Crippen LogP contribution in [0.4, 0.5) is 0 Å². The van der Waals surface area contributed by atoms with Gasteiger partial charge in [-0.05, 0) is 74.1 Å². The number of rotatable bonds is 19. The molecular formula is C37H54O7. The van der Waals surface area contributed by atoms with Crippen LogP contribution in [0, 0.1) is 6.92 Å². The van der Waals surface area contributed by atoms with Crippen LogP contribution >= 0.6 is 0 Å². The van der Waals surface area contributed by atoms with Crippen molar-refractivity contribution < 1.29 is 33.6 Å². The quantitative estimate of drug-likeness (QED) is 0.125. The van der Waals surface area contributed by atoms with Gasteiger partial charge in [-0.2, -0.15) is 0 Å². The Balaban J connectivity index is 1.82. The van der Waals surface area contributed by atoms with E-state index in [1.807, 2.05) is 32.9 Å². The molecule has 1 atom stereocenters. The molecule has 44 heavy (non-hydrogen) atoms. The number of aromatic hydroxyl groups is 1. The SMILES string of the molecule is CCCCCCCCCCCCCC(=O)OC(Cc1ccc2c(c1)OCO2)(C(=O)OC(C)C)c1cc(C(C)C)c(O)cc1C. The lowest BCUT2D eigenvalue weighted by Gasteiger charge is -2.34. The molecule has 1 N–H and O–H groups in total. The van der Waals surface area contributed by atoms with E-state index in [0.29, 0.717) is 34.6 Å². The van der Waals surface area contributed by atoms with E-state index in [4.69, 9.17) is 18.9 Å². The van der Waals surface area contributed by atoms with Crippen LogP contribution in [0.1, 0.15) is 140 Å². The number of aryl methyl sites for hydroxylation is 1. The minimum atomic E-state index is -1.76. The third kappa shape index (κ3) is 9.90. The monoisotopic (exact) mass is 610 g/mol. The Morgan fingerprint density at radius 1 is 0.864 bits per heavy atom. The van der Waals surface area contributed by atoms with Crippen molar-refractivity contribution in [2.75, 3.05) is 6.79 Å².